The lowest BCUT2D eigenvalue weighted by atomic mass is 10.1. The second-order valence-electron chi connectivity index (χ2n) is 9.35. The first-order chi connectivity index (χ1) is 19.3. The zero-order chi connectivity index (χ0) is 28.6. The Bertz CT molecular complexity index is 1280. The third kappa shape index (κ3) is 6.90. The molecule has 0 radical (unpaired) electrons. The summed E-state index contributed by atoms with van der Waals surface area (Å²) in [6.45, 7) is 6.06. The van der Waals surface area contributed by atoms with Gasteiger partial charge in [0.05, 0.1) is 13.2 Å². The average Bonchev–Trinajstić information content (AvgIpc) is 3.40. The van der Waals surface area contributed by atoms with Crippen LogP contribution in [0.3, 0.4) is 0 Å². The van der Waals surface area contributed by atoms with E-state index < -0.39 is 29.9 Å². The number of benzene rings is 1. The van der Waals surface area contributed by atoms with Crippen LogP contribution in [0.25, 0.3) is 11.4 Å². The van der Waals surface area contributed by atoms with E-state index in [4.69, 9.17) is 4.74 Å². The Balaban J connectivity index is 1.55. The van der Waals surface area contributed by atoms with Crippen molar-refractivity contribution in [1.82, 2.24) is 25.1 Å². The molecule has 13 heteroatoms. The maximum Gasteiger partial charge on any atom is 0.409 e. The van der Waals surface area contributed by atoms with Gasteiger partial charge in [0.2, 0.25) is 5.91 Å². The van der Waals surface area contributed by atoms with E-state index in [2.05, 4.69) is 20.3 Å². The number of rotatable bonds is 9. The summed E-state index contributed by atoms with van der Waals surface area (Å²) in [5, 5.41) is 12.0. The van der Waals surface area contributed by atoms with Gasteiger partial charge < -0.3 is 29.9 Å². The quantitative estimate of drug-likeness (QED) is 0.473. The molecule has 1 fully saturated rings. The number of hydrogen-bond donors (Lipinski definition) is 2. The van der Waals surface area contributed by atoms with Crippen molar-refractivity contribution in [2.75, 3.05) is 50.8 Å². The maximum absolute atomic E-state index is 13.5. The molecule has 40 heavy (non-hydrogen) atoms. The van der Waals surface area contributed by atoms with Crippen LogP contribution in [0, 0.1) is 0 Å². The van der Waals surface area contributed by atoms with E-state index in [1.165, 1.54) is 9.80 Å². The van der Waals surface area contributed by atoms with Crippen molar-refractivity contribution in [3.05, 3.63) is 42.1 Å². The highest BCUT2D eigenvalue weighted by Crippen LogP contribution is 2.22. The first kappa shape index (κ1) is 28.5. The molecule has 0 aliphatic carbocycles. The van der Waals surface area contributed by atoms with Crippen LogP contribution in [0.4, 0.5) is 10.6 Å². The van der Waals surface area contributed by atoms with Gasteiger partial charge in [-0.25, -0.2) is 14.8 Å². The third-order valence-corrected chi connectivity index (χ3v) is 6.68. The van der Waals surface area contributed by atoms with Crippen LogP contribution in [0.2, 0.25) is 0 Å². The maximum atomic E-state index is 13.5. The van der Waals surface area contributed by atoms with Crippen molar-refractivity contribution in [1.29, 1.82) is 0 Å². The number of carboxylic acids is 1. The number of carboxylic acid groups (broad SMARTS) is 1. The first-order valence-electron chi connectivity index (χ1n) is 13.2. The largest absolute Gasteiger partial charge is 0.481 e. The number of ether oxygens (including phenoxy) is 1. The molecule has 4 rings (SSSR count). The summed E-state index contributed by atoms with van der Waals surface area (Å²) in [5.74, 6) is -0.520. The topological polar surface area (TPSA) is 158 Å². The zero-order valence-corrected chi connectivity index (χ0v) is 22.6. The first-order valence-corrected chi connectivity index (χ1v) is 13.2. The normalized spacial score (nSPS) is 15.8. The van der Waals surface area contributed by atoms with Crippen molar-refractivity contribution in [3.63, 3.8) is 0 Å². The third-order valence-electron chi connectivity index (χ3n) is 6.68. The van der Waals surface area contributed by atoms with Gasteiger partial charge in [-0.15, -0.1) is 0 Å². The molecule has 1 unspecified atom stereocenters. The Kier molecular flexibility index (Phi) is 9.25. The van der Waals surface area contributed by atoms with Gasteiger partial charge in [0, 0.05) is 50.8 Å². The number of nitrogens with one attached hydrogen (secondary N) is 1. The summed E-state index contributed by atoms with van der Waals surface area (Å²) in [6, 6.07) is 9.67. The summed E-state index contributed by atoms with van der Waals surface area (Å²) >= 11 is 0. The number of piperazine rings is 1. The van der Waals surface area contributed by atoms with Crippen LogP contribution < -0.4 is 10.2 Å². The van der Waals surface area contributed by atoms with Gasteiger partial charge in [-0.3, -0.25) is 19.4 Å². The number of aromatic nitrogens is 2. The number of aliphatic imine (C=N–C) groups is 1. The van der Waals surface area contributed by atoms with E-state index in [1.54, 1.807) is 13.0 Å². The van der Waals surface area contributed by atoms with E-state index >= 15 is 0 Å². The lowest BCUT2D eigenvalue weighted by Gasteiger charge is -2.35. The minimum absolute atomic E-state index is 0.0452. The summed E-state index contributed by atoms with van der Waals surface area (Å²) in [6.07, 6.45) is -0.857. The summed E-state index contributed by atoms with van der Waals surface area (Å²) in [5.41, 5.74) is 0.758. The number of aliphatic carboxylic acids is 1. The fourth-order valence-electron chi connectivity index (χ4n) is 4.55. The highest BCUT2D eigenvalue weighted by atomic mass is 16.6. The van der Waals surface area contributed by atoms with Crippen LogP contribution in [-0.2, 0) is 14.3 Å². The Morgan fingerprint density at radius 1 is 1.02 bits per heavy atom. The predicted molar refractivity (Wildman–Crippen MR) is 146 cm³/mol. The Hall–Kier alpha value is -4.55. The average molecular weight is 552 g/mol. The summed E-state index contributed by atoms with van der Waals surface area (Å²) in [7, 11) is 0. The minimum Gasteiger partial charge on any atom is -0.481 e. The molecule has 1 saturated heterocycles. The van der Waals surface area contributed by atoms with E-state index in [9.17, 15) is 24.3 Å². The second kappa shape index (κ2) is 13.0. The number of carbonyl (C=O) groups is 4. The van der Waals surface area contributed by atoms with E-state index in [0.717, 1.165) is 5.84 Å². The number of nitrogens with zero attached hydrogens (tertiary/aromatic N) is 6. The van der Waals surface area contributed by atoms with Crippen molar-refractivity contribution >= 4 is 35.5 Å². The van der Waals surface area contributed by atoms with Crippen molar-refractivity contribution in [2.24, 2.45) is 4.99 Å². The van der Waals surface area contributed by atoms with Crippen LogP contribution in [-0.4, -0.2) is 107 Å². The number of amides is 3. The molecule has 212 valence electrons. The van der Waals surface area contributed by atoms with E-state index in [-0.39, 0.29) is 51.3 Å². The highest BCUT2D eigenvalue weighted by molar-refractivity contribution is 6.00. The van der Waals surface area contributed by atoms with Crippen LogP contribution in [0.15, 0.2) is 41.4 Å². The molecule has 2 aromatic rings. The monoisotopic (exact) mass is 551 g/mol. The fraction of sp³-hybridized carbons (Fsp3) is 0.444. The molecule has 2 aliphatic rings. The number of carbonyl (C=O) groups excluding carboxylic acids is 3. The molecule has 3 heterocycles. The van der Waals surface area contributed by atoms with Crippen LogP contribution in [0.1, 0.15) is 37.2 Å². The van der Waals surface area contributed by atoms with Crippen LogP contribution in [0.5, 0.6) is 0 Å². The molecule has 1 atom stereocenters. The van der Waals surface area contributed by atoms with Crippen molar-refractivity contribution in [2.45, 2.75) is 32.7 Å². The molecule has 0 bridgehead atoms. The highest BCUT2D eigenvalue weighted by Gasteiger charge is 2.31. The second-order valence-corrected chi connectivity index (χ2v) is 9.35. The summed E-state index contributed by atoms with van der Waals surface area (Å²) < 4.78 is 5.02. The smallest absolute Gasteiger partial charge is 0.409 e. The van der Waals surface area contributed by atoms with Crippen molar-refractivity contribution < 1.29 is 29.0 Å². The molecule has 2 N–H and O–H groups in total. The minimum atomic E-state index is -1.09. The molecular formula is C27H33N7O6. The molecule has 13 nitrogen and oxygen atoms in total. The van der Waals surface area contributed by atoms with Gasteiger partial charge in [-0.2, -0.15) is 0 Å². The molecule has 0 saturated carbocycles. The molecule has 0 spiro atoms. The van der Waals surface area contributed by atoms with E-state index in [1.807, 2.05) is 42.2 Å². The standard InChI is InChI=1S/C27H33N7O6/c1-3-40-27(39)33-15-13-32(14-16-33)26(38)20(9-10-23(35)36)30-25(37)21-17-22(34-12-11-28-18(34)2)31-24(29-21)19-7-5-4-6-8-19/h4-8,17,20H,3,9-16H2,1-2H3,(H,30,37)(H,35,36). The van der Waals surface area contributed by atoms with Crippen LogP contribution >= 0.6 is 0 Å². The Labute approximate surface area is 231 Å². The summed E-state index contributed by atoms with van der Waals surface area (Å²) in [4.78, 5) is 68.7. The predicted octanol–water partition coefficient (Wildman–Crippen LogP) is 1.65. The van der Waals surface area contributed by atoms with Gasteiger partial charge >= 0.3 is 12.1 Å². The van der Waals surface area contributed by atoms with E-state index in [0.29, 0.717) is 30.3 Å². The van der Waals surface area contributed by atoms with Gasteiger partial charge in [0.25, 0.3) is 5.91 Å². The molecule has 1 aromatic carbocycles. The fourth-order valence-corrected chi connectivity index (χ4v) is 4.55. The number of anilines is 1. The Morgan fingerprint density at radius 3 is 2.35 bits per heavy atom. The van der Waals surface area contributed by atoms with Gasteiger partial charge in [0.1, 0.15) is 23.4 Å². The molecule has 3 amide bonds. The molecular weight excluding hydrogens is 518 g/mol. The lowest BCUT2D eigenvalue weighted by molar-refractivity contribution is -0.138. The molecule has 2 aliphatic heterocycles. The van der Waals surface area contributed by atoms with Crippen molar-refractivity contribution in [3.8, 4) is 11.4 Å². The number of hydrogen-bond acceptors (Lipinski definition) is 9. The van der Waals surface area contributed by atoms with Gasteiger partial charge in [-0.1, -0.05) is 30.3 Å². The SMILES string of the molecule is CCOC(=O)N1CCN(C(=O)C(CCC(=O)O)NC(=O)c2cc(N3CCN=C3C)nc(-c3ccccc3)n2)CC1. The lowest BCUT2D eigenvalue weighted by Crippen LogP contribution is -2.56. The van der Waals surface area contributed by atoms with Gasteiger partial charge in [0.15, 0.2) is 5.82 Å². The number of amidine groups is 1. The molecule has 1 aromatic heterocycles. The van der Waals surface area contributed by atoms with Gasteiger partial charge in [-0.05, 0) is 20.3 Å². The Morgan fingerprint density at radius 2 is 1.73 bits per heavy atom. The zero-order valence-electron chi connectivity index (χ0n) is 22.6.